The molecule has 0 bridgehead atoms. The predicted octanol–water partition coefficient (Wildman–Crippen LogP) is 3.50. The lowest BCUT2D eigenvalue weighted by atomic mass is 10.1. The van der Waals surface area contributed by atoms with Gasteiger partial charge in [-0.25, -0.2) is 0 Å². The SMILES string of the molecule is CCC(Cl)CCNCc1cc(C)ccc1OC. The van der Waals surface area contributed by atoms with E-state index in [1.54, 1.807) is 7.11 Å². The molecule has 3 heteroatoms. The van der Waals surface area contributed by atoms with Gasteiger partial charge in [0.15, 0.2) is 0 Å². The molecule has 0 radical (unpaired) electrons. The summed E-state index contributed by atoms with van der Waals surface area (Å²) in [5, 5.41) is 3.68. The lowest BCUT2D eigenvalue weighted by molar-refractivity contribution is 0.407. The fourth-order valence-corrected chi connectivity index (χ4v) is 1.84. The highest BCUT2D eigenvalue weighted by atomic mass is 35.5. The summed E-state index contributed by atoms with van der Waals surface area (Å²) < 4.78 is 5.33. The molecule has 0 aliphatic rings. The third kappa shape index (κ3) is 4.97. The van der Waals surface area contributed by atoms with Crippen molar-refractivity contribution in [3.8, 4) is 5.75 Å². The molecular weight excluding hydrogens is 234 g/mol. The Morgan fingerprint density at radius 2 is 2.18 bits per heavy atom. The molecule has 0 heterocycles. The van der Waals surface area contributed by atoms with E-state index in [0.29, 0.717) is 0 Å². The van der Waals surface area contributed by atoms with Crippen molar-refractivity contribution in [3.63, 3.8) is 0 Å². The highest BCUT2D eigenvalue weighted by molar-refractivity contribution is 6.20. The monoisotopic (exact) mass is 255 g/mol. The number of halogens is 1. The minimum Gasteiger partial charge on any atom is -0.496 e. The smallest absolute Gasteiger partial charge is 0.123 e. The Morgan fingerprint density at radius 3 is 2.82 bits per heavy atom. The van der Waals surface area contributed by atoms with Crippen LogP contribution in [-0.4, -0.2) is 19.0 Å². The van der Waals surface area contributed by atoms with Gasteiger partial charge in [-0.15, -0.1) is 11.6 Å². The van der Waals surface area contributed by atoms with Crippen LogP contribution in [0, 0.1) is 6.92 Å². The van der Waals surface area contributed by atoms with Crippen molar-refractivity contribution in [2.45, 2.75) is 38.6 Å². The van der Waals surface area contributed by atoms with E-state index in [2.05, 4.69) is 31.3 Å². The van der Waals surface area contributed by atoms with Gasteiger partial charge in [-0.3, -0.25) is 0 Å². The molecule has 1 aromatic rings. The molecule has 2 nitrogen and oxygen atoms in total. The Kier molecular flexibility index (Phi) is 6.38. The van der Waals surface area contributed by atoms with Crippen molar-refractivity contribution < 1.29 is 4.74 Å². The molecule has 0 aromatic heterocycles. The quantitative estimate of drug-likeness (QED) is 0.595. The number of hydrogen-bond donors (Lipinski definition) is 1. The molecule has 0 aliphatic carbocycles. The molecule has 1 atom stereocenters. The fourth-order valence-electron chi connectivity index (χ4n) is 1.73. The van der Waals surface area contributed by atoms with E-state index in [9.17, 15) is 0 Å². The second-order valence-electron chi connectivity index (χ2n) is 4.29. The molecule has 17 heavy (non-hydrogen) atoms. The fraction of sp³-hybridized carbons (Fsp3) is 0.571. The number of nitrogens with one attached hydrogen (secondary N) is 1. The van der Waals surface area contributed by atoms with E-state index in [4.69, 9.17) is 16.3 Å². The lowest BCUT2D eigenvalue weighted by Crippen LogP contribution is -2.18. The van der Waals surface area contributed by atoms with Gasteiger partial charge in [0, 0.05) is 17.5 Å². The summed E-state index contributed by atoms with van der Waals surface area (Å²) in [7, 11) is 1.71. The molecule has 0 aliphatic heterocycles. The van der Waals surface area contributed by atoms with Gasteiger partial charge in [0.1, 0.15) is 5.75 Å². The van der Waals surface area contributed by atoms with Crippen molar-refractivity contribution in [2.24, 2.45) is 0 Å². The second kappa shape index (κ2) is 7.57. The Hall–Kier alpha value is -0.730. The summed E-state index contributed by atoms with van der Waals surface area (Å²) in [6, 6.07) is 6.24. The van der Waals surface area contributed by atoms with E-state index in [-0.39, 0.29) is 5.38 Å². The molecule has 0 amide bonds. The number of benzene rings is 1. The summed E-state index contributed by atoms with van der Waals surface area (Å²) in [5.41, 5.74) is 2.46. The number of aryl methyl sites for hydroxylation is 1. The van der Waals surface area contributed by atoms with Crippen molar-refractivity contribution >= 4 is 11.6 Å². The third-order valence-corrected chi connectivity index (χ3v) is 3.36. The minimum absolute atomic E-state index is 0.280. The van der Waals surface area contributed by atoms with Crippen LogP contribution in [0.25, 0.3) is 0 Å². The number of hydrogen-bond acceptors (Lipinski definition) is 2. The molecule has 96 valence electrons. The summed E-state index contributed by atoms with van der Waals surface area (Å²) in [5.74, 6) is 0.945. The maximum absolute atomic E-state index is 6.07. The van der Waals surface area contributed by atoms with Crippen LogP contribution in [0.1, 0.15) is 30.9 Å². The van der Waals surface area contributed by atoms with Crippen LogP contribution in [0.5, 0.6) is 5.75 Å². The number of ether oxygens (including phenoxy) is 1. The van der Waals surface area contributed by atoms with Crippen molar-refractivity contribution in [1.82, 2.24) is 5.32 Å². The van der Waals surface area contributed by atoms with Gasteiger partial charge >= 0.3 is 0 Å². The van der Waals surface area contributed by atoms with Crippen LogP contribution in [-0.2, 0) is 6.54 Å². The molecular formula is C14H22ClNO. The summed E-state index contributed by atoms with van der Waals surface area (Å²) in [6.07, 6.45) is 2.03. The van der Waals surface area contributed by atoms with E-state index >= 15 is 0 Å². The average Bonchev–Trinajstić information content (AvgIpc) is 2.34. The van der Waals surface area contributed by atoms with E-state index < -0.39 is 0 Å². The normalized spacial score (nSPS) is 12.5. The molecule has 0 saturated heterocycles. The molecule has 1 aromatic carbocycles. The van der Waals surface area contributed by atoms with Crippen molar-refractivity contribution in [1.29, 1.82) is 0 Å². The minimum atomic E-state index is 0.280. The number of rotatable bonds is 7. The van der Waals surface area contributed by atoms with Gasteiger partial charge in [0.2, 0.25) is 0 Å². The van der Waals surface area contributed by atoms with E-state index in [0.717, 1.165) is 31.7 Å². The highest BCUT2D eigenvalue weighted by Crippen LogP contribution is 2.19. The first-order valence-corrected chi connectivity index (χ1v) is 6.59. The largest absolute Gasteiger partial charge is 0.496 e. The van der Waals surface area contributed by atoms with Crippen molar-refractivity contribution in [3.05, 3.63) is 29.3 Å². The summed E-state index contributed by atoms with van der Waals surface area (Å²) in [4.78, 5) is 0. The van der Waals surface area contributed by atoms with Crippen LogP contribution in [0.15, 0.2) is 18.2 Å². The molecule has 0 spiro atoms. The average molecular weight is 256 g/mol. The predicted molar refractivity (Wildman–Crippen MR) is 74.0 cm³/mol. The lowest BCUT2D eigenvalue weighted by Gasteiger charge is -2.11. The Morgan fingerprint density at radius 1 is 1.41 bits per heavy atom. The second-order valence-corrected chi connectivity index (χ2v) is 4.90. The summed E-state index contributed by atoms with van der Waals surface area (Å²) in [6.45, 7) is 5.98. The van der Waals surface area contributed by atoms with Crippen molar-refractivity contribution in [2.75, 3.05) is 13.7 Å². The maximum atomic E-state index is 6.07. The standard InChI is InChI=1S/C14H22ClNO/c1-4-13(15)7-8-16-10-12-9-11(2)5-6-14(12)17-3/h5-6,9,13,16H,4,7-8,10H2,1-3H3. The van der Waals surface area contributed by atoms with Crippen LogP contribution in [0.2, 0.25) is 0 Å². The third-order valence-electron chi connectivity index (χ3n) is 2.83. The Labute approximate surface area is 109 Å². The molecule has 1 N–H and O–H groups in total. The first-order valence-electron chi connectivity index (χ1n) is 6.15. The maximum Gasteiger partial charge on any atom is 0.123 e. The molecule has 1 unspecified atom stereocenters. The molecule has 1 rings (SSSR count). The van der Waals surface area contributed by atoms with Crippen LogP contribution >= 0.6 is 11.6 Å². The van der Waals surface area contributed by atoms with Gasteiger partial charge in [-0.05, 0) is 32.4 Å². The highest BCUT2D eigenvalue weighted by Gasteiger charge is 2.04. The van der Waals surface area contributed by atoms with E-state index in [1.165, 1.54) is 11.1 Å². The zero-order valence-electron chi connectivity index (χ0n) is 10.9. The van der Waals surface area contributed by atoms with Gasteiger partial charge in [0.05, 0.1) is 7.11 Å². The first kappa shape index (κ1) is 14.3. The van der Waals surface area contributed by atoms with Crippen LogP contribution in [0.4, 0.5) is 0 Å². The summed E-state index contributed by atoms with van der Waals surface area (Å²) >= 11 is 6.07. The van der Waals surface area contributed by atoms with Gasteiger partial charge in [-0.1, -0.05) is 24.6 Å². The topological polar surface area (TPSA) is 21.3 Å². The van der Waals surface area contributed by atoms with Crippen LogP contribution in [0.3, 0.4) is 0 Å². The van der Waals surface area contributed by atoms with E-state index in [1.807, 2.05) is 6.07 Å². The Balaban J connectivity index is 2.42. The number of methoxy groups -OCH3 is 1. The van der Waals surface area contributed by atoms with Gasteiger partial charge in [0.25, 0.3) is 0 Å². The number of alkyl halides is 1. The molecule has 0 saturated carbocycles. The Bertz CT molecular complexity index is 341. The zero-order chi connectivity index (χ0) is 12.7. The first-order chi connectivity index (χ1) is 8.17. The molecule has 0 fully saturated rings. The van der Waals surface area contributed by atoms with Crippen LogP contribution < -0.4 is 10.1 Å². The van der Waals surface area contributed by atoms with Gasteiger partial charge in [-0.2, -0.15) is 0 Å². The zero-order valence-corrected chi connectivity index (χ0v) is 11.7. The van der Waals surface area contributed by atoms with Gasteiger partial charge < -0.3 is 10.1 Å².